The van der Waals surface area contributed by atoms with Crippen molar-refractivity contribution in [3.05, 3.63) is 46.7 Å². The van der Waals surface area contributed by atoms with E-state index < -0.39 is 0 Å². The van der Waals surface area contributed by atoms with Gasteiger partial charge >= 0.3 is 0 Å². The number of rotatable bonds is 6. The maximum absolute atomic E-state index is 12.6. The first-order valence-corrected chi connectivity index (χ1v) is 9.78. The smallest absolute Gasteiger partial charge is 0.273 e. The molecule has 28 heavy (non-hydrogen) atoms. The summed E-state index contributed by atoms with van der Waals surface area (Å²) in [5.41, 5.74) is 0.946. The number of nitrogens with zero attached hydrogens (tertiary/aromatic N) is 5. The van der Waals surface area contributed by atoms with Crippen molar-refractivity contribution in [2.45, 2.75) is 26.4 Å². The van der Waals surface area contributed by atoms with E-state index in [4.69, 9.17) is 11.6 Å². The Kier molecular flexibility index (Phi) is 6.64. The van der Waals surface area contributed by atoms with Crippen LogP contribution in [0, 0.1) is 0 Å². The summed E-state index contributed by atoms with van der Waals surface area (Å²) in [4.78, 5) is 28.6. The summed E-state index contributed by atoms with van der Waals surface area (Å²) in [6, 6.07) is 7.10. The van der Waals surface area contributed by atoms with Crippen LogP contribution >= 0.6 is 11.6 Å². The second-order valence-electron chi connectivity index (χ2n) is 7.14. The molecule has 0 saturated carbocycles. The van der Waals surface area contributed by atoms with Crippen LogP contribution < -0.4 is 5.32 Å². The average molecular weight is 405 g/mol. The summed E-state index contributed by atoms with van der Waals surface area (Å²) in [6.45, 7) is 8.16. The highest BCUT2D eigenvalue weighted by atomic mass is 35.5. The van der Waals surface area contributed by atoms with Crippen LogP contribution in [0.4, 0.5) is 0 Å². The molecule has 1 aromatic carbocycles. The van der Waals surface area contributed by atoms with Crippen LogP contribution in [0.5, 0.6) is 0 Å². The summed E-state index contributed by atoms with van der Waals surface area (Å²) in [6.07, 6.45) is 1.66. The van der Waals surface area contributed by atoms with Crippen LogP contribution in [0.15, 0.2) is 30.5 Å². The van der Waals surface area contributed by atoms with Crippen LogP contribution in [-0.2, 0) is 6.54 Å². The lowest BCUT2D eigenvalue weighted by Crippen LogP contribution is -2.49. The van der Waals surface area contributed by atoms with E-state index in [1.165, 1.54) is 0 Å². The van der Waals surface area contributed by atoms with Crippen molar-refractivity contribution in [3.63, 3.8) is 0 Å². The number of carbonyl (C=O) groups excluding carboxylic acids is 2. The van der Waals surface area contributed by atoms with E-state index in [0.717, 1.165) is 19.6 Å². The minimum atomic E-state index is -0.214. The van der Waals surface area contributed by atoms with Crippen LogP contribution in [0.25, 0.3) is 0 Å². The van der Waals surface area contributed by atoms with Gasteiger partial charge in [-0.05, 0) is 32.0 Å². The molecule has 150 valence electrons. The maximum atomic E-state index is 12.6. The molecule has 0 aliphatic carbocycles. The molecule has 1 aromatic heterocycles. The van der Waals surface area contributed by atoms with E-state index in [1.54, 1.807) is 35.1 Å². The Balaban J connectivity index is 1.45. The quantitative estimate of drug-likeness (QED) is 0.789. The predicted molar refractivity (Wildman–Crippen MR) is 106 cm³/mol. The molecule has 0 radical (unpaired) electrons. The number of hydrogen-bond acceptors (Lipinski definition) is 5. The molecule has 9 heteroatoms. The maximum Gasteiger partial charge on any atom is 0.273 e. The molecule has 1 aliphatic heterocycles. The van der Waals surface area contributed by atoms with Gasteiger partial charge in [0.15, 0.2) is 5.69 Å². The van der Waals surface area contributed by atoms with Crippen molar-refractivity contribution < 1.29 is 9.59 Å². The van der Waals surface area contributed by atoms with Crippen molar-refractivity contribution in [2.75, 3.05) is 32.7 Å². The van der Waals surface area contributed by atoms with Crippen molar-refractivity contribution >= 4 is 23.4 Å². The van der Waals surface area contributed by atoms with E-state index >= 15 is 0 Å². The minimum Gasteiger partial charge on any atom is -0.348 e. The van der Waals surface area contributed by atoms with E-state index in [9.17, 15) is 9.59 Å². The number of benzene rings is 1. The van der Waals surface area contributed by atoms with Crippen molar-refractivity contribution in [2.24, 2.45) is 0 Å². The van der Waals surface area contributed by atoms with Crippen LogP contribution in [0.3, 0.4) is 0 Å². The lowest BCUT2D eigenvalue weighted by atomic mass is 10.2. The van der Waals surface area contributed by atoms with Crippen LogP contribution in [0.2, 0.25) is 5.02 Å². The lowest BCUT2D eigenvalue weighted by Gasteiger charge is -2.34. The molecule has 2 heterocycles. The Labute approximate surface area is 169 Å². The molecule has 1 aliphatic rings. The number of carbonyl (C=O) groups is 2. The van der Waals surface area contributed by atoms with Gasteiger partial charge < -0.3 is 10.2 Å². The van der Waals surface area contributed by atoms with Gasteiger partial charge in [0.2, 0.25) is 0 Å². The zero-order valence-electron chi connectivity index (χ0n) is 16.1. The Morgan fingerprint density at radius 1 is 1.18 bits per heavy atom. The third kappa shape index (κ3) is 5.30. The van der Waals surface area contributed by atoms with Crippen molar-refractivity contribution in [1.82, 2.24) is 30.1 Å². The molecule has 0 atom stereocenters. The lowest BCUT2D eigenvalue weighted by molar-refractivity contribution is 0.0631. The Morgan fingerprint density at radius 2 is 1.93 bits per heavy atom. The number of nitrogens with one attached hydrogen (secondary N) is 1. The summed E-state index contributed by atoms with van der Waals surface area (Å²) in [5, 5.41) is 11.3. The topological polar surface area (TPSA) is 83.4 Å². The third-order valence-corrected chi connectivity index (χ3v) is 4.80. The second-order valence-corrected chi connectivity index (χ2v) is 7.58. The highest BCUT2D eigenvalue weighted by Crippen LogP contribution is 2.14. The molecule has 1 N–H and O–H groups in total. The molecule has 0 spiro atoms. The molecule has 1 saturated heterocycles. The fraction of sp³-hybridized carbons (Fsp3) is 0.474. The van der Waals surface area contributed by atoms with Gasteiger partial charge in [-0.15, -0.1) is 5.10 Å². The molecular weight excluding hydrogens is 380 g/mol. The van der Waals surface area contributed by atoms with E-state index in [1.807, 2.05) is 18.7 Å². The van der Waals surface area contributed by atoms with Gasteiger partial charge in [0.1, 0.15) is 0 Å². The number of aromatic nitrogens is 3. The first kappa shape index (κ1) is 20.3. The van der Waals surface area contributed by atoms with Gasteiger partial charge in [-0.3, -0.25) is 19.2 Å². The number of hydrogen-bond donors (Lipinski definition) is 1. The summed E-state index contributed by atoms with van der Waals surface area (Å²) < 4.78 is 1.68. The fourth-order valence-electron chi connectivity index (χ4n) is 3.07. The zero-order valence-corrected chi connectivity index (χ0v) is 16.9. The molecule has 2 amide bonds. The van der Waals surface area contributed by atoms with E-state index in [0.29, 0.717) is 35.9 Å². The highest BCUT2D eigenvalue weighted by molar-refractivity contribution is 6.30. The first-order valence-electron chi connectivity index (χ1n) is 9.40. The number of halogens is 1. The number of piperazine rings is 1. The van der Waals surface area contributed by atoms with Gasteiger partial charge in [-0.25, -0.2) is 0 Å². The molecule has 0 bridgehead atoms. The van der Waals surface area contributed by atoms with Gasteiger partial charge in [0.05, 0.1) is 12.7 Å². The molecule has 3 rings (SSSR count). The minimum absolute atomic E-state index is 0.0132. The molecule has 2 aromatic rings. The molecule has 8 nitrogen and oxygen atoms in total. The normalized spacial score (nSPS) is 15.1. The zero-order chi connectivity index (χ0) is 20.1. The Morgan fingerprint density at radius 3 is 2.61 bits per heavy atom. The van der Waals surface area contributed by atoms with E-state index in [2.05, 4.69) is 20.5 Å². The second kappa shape index (κ2) is 9.16. The summed E-state index contributed by atoms with van der Waals surface area (Å²) in [5.74, 6) is -0.200. The summed E-state index contributed by atoms with van der Waals surface area (Å²) >= 11 is 5.98. The fourth-order valence-corrected chi connectivity index (χ4v) is 3.26. The summed E-state index contributed by atoms with van der Waals surface area (Å²) in [7, 11) is 0. The van der Waals surface area contributed by atoms with Gasteiger partial charge in [-0.2, -0.15) is 0 Å². The van der Waals surface area contributed by atoms with Gasteiger partial charge in [0, 0.05) is 49.4 Å². The van der Waals surface area contributed by atoms with Gasteiger partial charge in [-0.1, -0.05) is 22.9 Å². The monoisotopic (exact) mass is 404 g/mol. The standard InChI is InChI=1S/C19H25ClN6O2/c1-14(2)21-18(27)17-13-26(23-22-17)11-8-24-6-9-25(10-7-24)19(28)15-4-3-5-16(20)12-15/h3-5,12-14H,6-11H2,1-2H3,(H,21,27). The largest absolute Gasteiger partial charge is 0.348 e. The average Bonchev–Trinajstić information content (AvgIpc) is 3.15. The van der Waals surface area contributed by atoms with E-state index in [-0.39, 0.29) is 17.9 Å². The third-order valence-electron chi connectivity index (χ3n) is 4.57. The SMILES string of the molecule is CC(C)NC(=O)c1cn(CCN2CCN(C(=O)c3cccc(Cl)c3)CC2)nn1. The number of amides is 2. The first-order chi connectivity index (χ1) is 13.4. The van der Waals surface area contributed by atoms with Crippen molar-refractivity contribution in [1.29, 1.82) is 0 Å². The molecule has 1 fully saturated rings. The molecular formula is C19H25ClN6O2. The molecule has 0 unspecified atom stereocenters. The highest BCUT2D eigenvalue weighted by Gasteiger charge is 2.22. The Hall–Kier alpha value is -2.45. The van der Waals surface area contributed by atoms with Crippen molar-refractivity contribution in [3.8, 4) is 0 Å². The predicted octanol–water partition coefficient (Wildman–Crippen LogP) is 1.53. The Bertz CT molecular complexity index is 829. The van der Waals surface area contributed by atoms with Crippen LogP contribution in [-0.4, -0.2) is 75.4 Å². The van der Waals surface area contributed by atoms with Crippen LogP contribution in [0.1, 0.15) is 34.7 Å². The van der Waals surface area contributed by atoms with Gasteiger partial charge in [0.25, 0.3) is 11.8 Å².